The molecule has 0 amide bonds. The third-order valence-electron chi connectivity index (χ3n) is 2.37. The van der Waals surface area contributed by atoms with Crippen LogP contribution in [-0.4, -0.2) is 22.1 Å². The number of H-pyrrole nitrogens is 1. The molecule has 0 fully saturated rings. The van der Waals surface area contributed by atoms with E-state index >= 15 is 0 Å². The van der Waals surface area contributed by atoms with Crippen LogP contribution in [0.1, 0.15) is 0 Å². The minimum atomic E-state index is 0.707. The van der Waals surface area contributed by atoms with E-state index in [0.29, 0.717) is 5.65 Å². The van der Waals surface area contributed by atoms with Crippen molar-refractivity contribution in [3.63, 3.8) is 0 Å². The van der Waals surface area contributed by atoms with Gasteiger partial charge in [-0.25, -0.2) is 9.97 Å². The van der Waals surface area contributed by atoms with Gasteiger partial charge >= 0.3 is 0 Å². The Balaban J connectivity index is 2.18. The van der Waals surface area contributed by atoms with Crippen LogP contribution in [0.5, 0.6) is 5.75 Å². The third-order valence-corrected chi connectivity index (χ3v) is 3.70. The second-order valence-corrected chi connectivity index (χ2v) is 5.26. The summed E-state index contributed by atoms with van der Waals surface area (Å²) in [4.78, 5) is 12.9. The fraction of sp³-hybridized carbons (Fsp3) is 0.0909. The summed E-state index contributed by atoms with van der Waals surface area (Å²) in [7, 11) is 1.66. The van der Waals surface area contributed by atoms with E-state index in [9.17, 15) is 0 Å². The molecule has 3 aromatic heterocycles. The molecule has 0 aliphatic heterocycles. The van der Waals surface area contributed by atoms with Gasteiger partial charge in [0.25, 0.3) is 0 Å². The van der Waals surface area contributed by atoms with Crippen LogP contribution >= 0.6 is 27.3 Å². The number of halogens is 1. The first-order chi connectivity index (χ1) is 8.28. The fourth-order valence-corrected chi connectivity index (χ4v) is 2.75. The lowest BCUT2D eigenvalue weighted by Gasteiger charge is -1.97. The van der Waals surface area contributed by atoms with E-state index in [2.05, 4.69) is 30.9 Å². The number of hydrogen-bond donors (Lipinski definition) is 1. The molecular weight excluding hydrogens is 302 g/mol. The van der Waals surface area contributed by atoms with E-state index in [4.69, 9.17) is 4.74 Å². The zero-order valence-electron chi connectivity index (χ0n) is 8.90. The van der Waals surface area contributed by atoms with Crippen molar-refractivity contribution < 1.29 is 4.74 Å². The van der Waals surface area contributed by atoms with Gasteiger partial charge in [-0.3, -0.25) is 0 Å². The highest BCUT2D eigenvalue weighted by atomic mass is 79.9. The molecule has 0 radical (unpaired) electrons. The van der Waals surface area contributed by atoms with E-state index in [1.165, 1.54) is 0 Å². The maximum absolute atomic E-state index is 5.28. The van der Waals surface area contributed by atoms with E-state index < -0.39 is 0 Å². The Labute approximate surface area is 110 Å². The predicted octanol–water partition coefficient (Wildman–Crippen LogP) is 3.46. The highest BCUT2D eigenvalue weighted by Crippen LogP contribution is 2.34. The highest BCUT2D eigenvalue weighted by Gasteiger charge is 2.12. The molecule has 0 saturated carbocycles. The Morgan fingerprint density at radius 2 is 2.35 bits per heavy atom. The first-order valence-corrected chi connectivity index (χ1v) is 6.58. The molecule has 86 valence electrons. The molecule has 3 rings (SSSR count). The Morgan fingerprint density at radius 1 is 1.47 bits per heavy atom. The lowest BCUT2D eigenvalue weighted by Crippen LogP contribution is -1.83. The van der Waals surface area contributed by atoms with Gasteiger partial charge < -0.3 is 9.72 Å². The molecule has 4 nitrogen and oxygen atoms in total. The van der Waals surface area contributed by atoms with E-state index in [0.717, 1.165) is 26.4 Å². The number of hydrogen-bond acceptors (Lipinski definition) is 4. The molecule has 0 unspecified atom stereocenters. The summed E-state index contributed by atoms with van der Waals surface area (Å²) in [5.41, 5.74) is 1.61. The number of pyridine rings is 1. The average molecular weight is 310 g/mol. The van der Waals surface area contributed by atoms with Gasteiger partial charge in [-0.15, -0.1) is 11.3 Å². The number of rotatable bonds is 2. The van der Waals surface area contributed by atoms with Crippen molar-refractivity contribution >= 4 is 38.4 Å². The molecule has 0 aliphatic rings. The minimum absolute atomic E-state index is 0.707. The summed E-state index contributed by atoms with van der Waals surface area (Å²) in [6.07, 6.45) is 1.73. The van der Waals surface area contributed by atoms with Crippen LogP contribution in [0.25, 0.3) is 21.9 Å². The maximum Gasteiger partial charge on any atom is 0.178 e. The van der Waals surface area contributed by atoms with Gasteiger partial charge in [-0.1, -0.05) is 0 Å². The number of aromatic amines is 1. The zero-order chi connectivity index (χ0) is 11.8. The number of nitrogens with zero attached hydrogens (tertiary/aromatic N) is 2. The quantitative estimate of drug-likeness (QED) is 0.788. The predicted molar refractivity (Wildman–Crippen MR) is 71.5 cm³/mol. The number of methoxy groups -OCH3 is 1. The van der Waals surface area contributed by atoms with Crippen LogP contribution in [0.4, 0.5) is 0 Å². The van der Waals surface area contributed by atoms with Gasteiger partial charge in [-0.05, 0) is 33.4 Å². The topological polar surface area (TPSA) is 50.8 Å². The Hall–Kier alpha value is -1.40. The first kappa shape index (κ1) is 10.7. The first-order valence-electron chi connectivity index (χ1n) is 4.91. The fourth-order valence-electron chi connectivity index (χ4n) is 1.61. The Bertz CT molecular complexity index is 676. The SMILES string of the molecule is COc1ccsc1-c1nc2ncc(Br)cc2[nH]1. The standard InChI is InChI=1S/C11H8BrN3OS/c1-16-8-2-3-17-9(8)11-14-7-4-6(12)5-13-10(7)15-11/h2-5H,1H3,(H,13,14,15). The van der Waals surface area contributed by atoms with Gasteiger partial charge in [0.05, 0.1) is 12.6 Å². The van der Waals surface area contributed by atoms with Crippen LogP contribution < -0.4 is 4.74 Å². The zero-order valence-corrected chi connectivity index (χ0v) is 11.3. The molecule has 1 N–H and O–H groups in total. The summed E-state index contributed by atoms with van der Waals surface area (Å²) in [6.45, 7) is 0. The molecule has 0 aliphatic carbocycles. The van der Waals surface area contributed by atoms with Gasteiger partial charge in [-0.2, -0.15) is 0 Å². The number of imidazole rings is 1. The van der Waals surface area contributed by atoms with Crippen molar-refractivity contribution in [2.75, 3.05) is 7.11 Å². The van der Waals surface area contributed by atoms with E-state index in [1.54, 1.807) is 24.6 Å². The molecule has 0 bridgehead atoms. The highest BCUT2D eigenvalue weighted by molar-refractivity contribution is 9.10. The molecule has 0 atom stereocenters. The van der Waals surface area contributed by atoms with Gasteiger partial charge in [0.1, 0.15) is 10.6 Å². The van der Waals surface area contributed by atoms with Gasteiger partial charge in [0, 0.05) is 10.7 Å². The van der Waals surface area contributed by atoms with Crippen molar-refractivity contribution in [2.24, 2.45) is 0 Å². The van der Waals surface area contributed by atoms with E-state index in [-0.39, 0.29) is 0 Å². The number of fused-ring (bicyclic) bond motifs is 1. The lowest BCUT2D eigenvalue weighted by atomic mass is 10.4. The minimum Gasteiger partial charge on any atom is -0.495 e. The van der Waals surface area contributed by atoms with Gasteiger partial charge in [0.15, 0.2) is 11.5 Å². The Kier molecular flexibility index (Phi) is 2.60. The summed E-state index contributed by atoms with van der Waals surface area (Å²) in [5, 5.41) is 1.98. The van der Waals surface area contributed by atoms with Crippen molar-refractivity contribution in [3.8, 4) is 16.5 Å². The summed E-state index contributed by atoms with van der Waals surface area (Å²) >= 11 is 4.97. The molecule has 17 heavy (non-hydrogen) atoms. The van der Waals surface area contributed by atoms with E-state index in [1.807, 2.05) is 17.5 Å². The molecule has 3 heterocycles. The van der Waals surface area contributed by atoms with Crippen LogP contribution in [0.3, 0.4) is 0 Å². The molecule has 3 aromatic rings. The normalized spacial score (nSPS) is 10.9. The molecule has 0 saturated heterocycles. The van der Waals surface area contributed by atoms with Crippen molar-refractivity contribution in [1.82, 2.24) is 15.0 Å². The molecule has 0 spiro atoms. The number of aromatic nitrogens is 3. The Morgan fingerprint density at radius 3 is 3.18 bits per heavy atom. The van der Waals surface area contributed by atoms with Crippen molar-refractivity contribution in [1.29, 1.82) is 0 Å². The number of thiophene rings is 1. The van der Waals surface area contributed by atoms with Crippen LogP contribution in [0, 0.1) is 0 Å². The second kappa shape index (κ2) is 4.12. The molecular formula is C11H8BrN3OS. The van der Waals surface area contributed by atoms with Crippen LogP contribution in [0.2, 0.25) is 0 Å². The third kappa shape index (κ3) is 1.83. The monoisotopic (exact) mass is 309 g/mol. The molecule has 0 aromatic carbocycles. The van der Waals surface area contributed by atoms with Crippen LogP contribution in [0.15, 0.2) is 28.2 Å². The summed E-state index contributed by atoms with van der Waals surface area (Å²) < 4.78 is 6.21. The average Bonchev–Trinajstić information content (AvgIpc) is 2.93. The lowest BCUT2D eigenvalue weighted by molar-refractivity contribution is 0.418. The summed E-state index contributed by atoms with van der Waals surface area (Å²) in [5.74, 6) is 1.62. The van der Waals surface area contributed by atoms with Crippen molar-refractivity contribution in [3.05, 3.63) is 28.2 Å². The second-order valence-electron chi connectivity index (χ2n) is 3.43. The van der Waals surface area contributed by atoms with Gasteiger partial charge in [0.2, 0.25) is 0 Å². The van der Waals surface area contributed by atoms with Crippen LogP contribution in [-0.2, 0) is 0 Å². The maximum atomic E-state index is 5.28. The summed E-state index contributed by atoms with van der Waals surface area (Å²) in [6, 6.07) is 3.88. The number of ether oxygens (including phenoxy) is 1. The smallest absolute Gasteiger partial charge is 0.178 e. The largest absolute Gasteiger partial charge is 0.495 e. The number of nitrogens with one attached hydrogen (secondary N) is 1. The van der Waals surface area contributed by atoms with Crippen molar-refractivity contribution in [2.45, 2.75) is 0 Å². The molecule has 6 heteroatoms.